The van der Waals surface area contributed by atoms with Crippen molar-refractivity contribution in [2.45, 2.75) is 19.8 Å². The summed E-state index contributed by atoms with van der Waals surface area (Å²) >= 11 is 0. The molecule has 0 radical (unpaired) electrons. The number of hydrogen-bond donors (Lipinski definition) is 2. The van der Waals surface area contributed by atoms with E-state index in [1.54, 1.807) is 24.5 Å². The molecule has 0 aliphatic carbocycles. The van der Waals surface area contributed by atoms with Crippen LogP contribution in [0.15, 0.2) is 36.7 Å². The first-order valence-corrected chi connectivity index (χ1v) is 5.98. The van der Waals surface area contributed by atoms with Gasteiger partial charge in [0.2, 0.25) is 0 Å². The quantitative estimate of drug-likeness (QED) is 0.880. The third-order valence-electron chi connectivity index (χ3n) is 2.62. The molecule has 2 N–H and O–H groups in total. The average Bonchev–Trinajstić information content (AvgIpc) is 2.39. The second-order valence-electron chi connectivity index (χ2n) is 4.49. The van der Waals surface area contributed by atoms with Gasteiger partial charge in [0, 0.05) is 11.9 Å². The lowest BCUT2D eigenvalue weighted by Crippen LogP contribution is -2.04. The van der Waals surface area contributed by atoms with Gasteiger partial charge in [-0.15, -0.1) is 0 Å². The molecule has 19 heavy (non-hydrogen) atoms. The van der Waals surface area contributed by atoms with Gasteiger partial charge in [-0.05, 0) is 30.2 Å². The molecule has 0 aliphatic rings. The molecular formula is C14H15N3O2. The molecule has 2 heterocycles. The zero-order chi connectivity index (χ0) is 13.8. The maximum Gasteiger partial charge on any atom is 0.335 e. The molecular weight excluding hydrogens is 242 g/mol. The Kier molecular flexibility index (Phi) is 3.75. The minimum atomic E-state index is -0.960. The maximum atomic E-state index is 11.1. The van der Waals surface area contributed by atoms with E-state index in [0.29, 0.717) is 5.82 Å². The monoisotopic (exact) mass is 257 g/mol. The molecule has 98 valence electrons. The molecule has 0 aliphatic heterocycles. The Morgan fingerprint density at radius 3 is 2.74 bits per heavy atom. The van der Waals surface area contributed by atoms with Gasteiger partial charge in [0.1, 0.15) is 5.82 Å². The third kappa shape index (κ3) is 3.28. The van der Waals surface area contributed by atoms with Crippen molar-refractivity contribution in [3.8, 4) is 0 Å². The number of rotatable bonds is 4. The molecule has 0 saturated carbocycles. The third-order valence-corrected chi connectivity index (χ3v) is 2.62. The predicted molar refractivity (Wildman–Crippen MR) is 72.8 cm³/mol. The standard InChI is InChI=1S/C14H15N3O2/c1-9(2)12-6-10(14(18)19)7-13(17-12)16-11-4-3-5-15-8-11/h3-9H,1-2H3,(H,16,17)(H,18,19). The minimum Gasteiger partial charge on any atom is -0.478 e. The Bertz CT molecular complexity index is 582. The molecule has 2 aromatic rings. The summed E-state index contributed by atoms with van der Waals surface area (Å²) in [6.45, 7) is 3.95. The summed E-state index contributed by atoms with van der Waals surface area (Å²) in [6, 6.07) is 6.76. The Balaban J connectivity index is 2.36. The summed E-state index contributed by atoms with van der Waals surface area (Å²) < 4.78 is 0. The van der Waals surface area contributed by atoms with Gasteiger partial charge in [0.05, 0.1) is 17.4 Å². The van der Waals surface area contributed by atoms with Gasteiger partial charge < -0.3 is 10.4 Å². The molecule has 0 aromatic carbocycles. The second kappa shape index (κ2) is 5.48. The fourth-order valence-electron chi connectivity index (χ4n) is 1.62. The SMILES string of the molecule is CC(C)c1cc(C(=O)O)cc(Nc2cccnc2)n1. The van der Waals surface area contributed by atoms with E-state index in [9.17, 15) is 4.79 Å². The molecule has 5 heteroatoms. The molecule has 0 fully saturated rings. The smallest absolute Gasteiger partial charge is 0.335 e. The lowest BCUT2D eigenvalue weighted by molar-refractivity contribution is 0.0696. The summed E-state index contributed by atoms with van der Waals surface area (Å²) in [6.07, 6.45) is 3.33. The highest BCUT2D eigenvalue weighted by molar-refractivity contribution is 5.88. The van der Waals surface area contributed by atoms with Crippen molar-refractivity contribution in [1.82, 2.24) is 9.97 Å². The fourth-order valence-corrected chi connectivity index (χ4v) is 1.62. The Hall–Kier alpha value is -2.43. The van der Waals surface area contributed by atoms with Crippen molar-refractivity contribution in [2.75, 3.05) is 5.32 Å². The van der Waals surface area contributed by atoms with Crippen molar-refractivity contribution < 1.29 is 9.90 Å². The van der Waals surface area contributed by atoms with Gasteiger partial charge >= 0.3 is 5.97 Å². The molecule has 2 rings (SSSR count). The summed E-state index contributed by atoms with van der Waals surface area (Å²) in [4.78, 5) is 19.5. The first-order chi connectivity index (χ1) is 9.06. The number of nitrogens with zero attached hydrogens (tertiary/aromatic N) is 2. The van der Waals surface area contributed by atoms with Crippen LogP contribution in [0.3, 0.4) is 0 Å². The van der Waals surface area contributed by atoms with Crippen LogP contribution in [-0.2, 0) is 0 Å². The number of anilines is 2. The number of nitrogens with one attached hydrogen (secondary N) is 1. The van der Waals surface area contributed by atoms with E-state index in [0.717, 1.165) is 11.4 Å². The van der Waals surface area contributed by atoms with Gasteiger partial charge in [-0.2, -0.15) is 0 Å². The zero-order valence-corrected chi connectivity index (χ0v) is 10.8. The van der Waals surface area contributed by atoms with Gasteiger partial charge in [0.25, 0.3) is 0 Å². The Labute approximate surface area is 111 Å². The van der Waals surface area contributed by atoms with Crippen LogP contribution in [0, 0.1) is 0 Å². The molecule has 0 saturated heterocycles. The number of aromatic nitrogens is 2. The summed E-state index contributed by atoms with van der Waals surface area (Å²) in [5, 5.41) is 12.2. The number of hydrogen-bond acceptors (Lipinski definition) is 4. The minimum absolute atomic E-state index is 0.161. The normalized spacial score (nSPS) is 10.5. The molecule has 0 amide bonds. The van der Waals surface area contributed by atoms with Crippen LogP contribution in [0.4, 0.5) is 11.5 Å². The van der Waals surface area contributed by atoms with E-state index in [-0.39, 0.29) is 11.5 Å². The largest absolute Gasteiger partial charge is 0.478 e. The number of aromatic carboxylic acids is 1. The van der Waals surface area contributed by atoms with Crippen molar-refractivity contribution >= 4 is 17.5 Å². The van der Waals surface area contributed by atoms with E-state index in [1.807, 2.05) is 19.9 Å². The van der Waals surface area contributed by atoms with Crippen LogP contribution in [0.25, 0.3) is 0 Å². The van der Waals surface area contributed by atoms with E-state index in [1.165, 1.54) is 6.07 Å². The second-order valence-corrected chi connectivity index (χ2v) is 4.49. The molecule has 2 aromatic heterocycles. The highest BCUT2D eigenvalue weighted by Crippen LogP contribution is 2.20. The Morgan fingerprint density at radius 1 is 1.37 bits per heavy atom. The summed E-state index contributed by atoms with van der Waals surface area (Å²) in [5.41, 5.74) is 1.74. The highest BCUT2D eigenvalue weighted by atomic mass is 16.4. The highest BCUT2D eigenvalue weighted by Gasteiger charge is 2.10. The molecule has 0 bridgehead atoms. The maximum absolute atomic E-state index is 11.1. The lowest BCUT2D eigenvalue weighted by Gasteiger charge is -2.10. The van der Waals surface area contributed by atoms with Crippen molar-refractivity contribution in [3.05, 3.63) is 47.9 Å². The molecule has 0 atom stereocenters. The van der Waals surface area contributed by atoms with E-state index in [4.69, 9.17) is 5.11 Å². The van der Waals surface area contributed by atoms with Crippen molar-refractivity contribution in [2.24, 2.45) is 0 Å². The van der Waals surface area contributed by atoms with Crippen LogP contribution in [0.5, 0.6) is 0 Å². The molecule has 0 spiro atoms. The lowest BCUT2D eigenvalue weighted by atomic mass is 10.1. The predicted octanol–water partition coefficient (Wildman–Crippen LogP) is 3.04. The van der Waals surface area contributed by atoms with Crippen LogP contribution in [0.2, 0.25) is 0 Å². The first-order valence-electron chi connectivity index (χ1n) is 5.98. The molecule has 0 unspecified atom stereocenters. The zero-order valence-electron chi connectivity index (χ0n) is 10.8. The van der Waals surface area contributed by atoms with E-state index >= 15 is 0 Å². The van der Waals surface area contributed by atoms with Gasteiger partial charge in [-0.1, -0.05) is 13.8 Å². The summed E-state index contributed by atoms with van der Waals surface area (Å²) in [7, 11) is 0. The average molecular weight is 257 g/mol. The van der Waals surface area contributed by atoms with Gasteiger partial charge in [-0.3, -0.25) is 4.98 Å². The Morgan fingerprint density at radius 2 is 2.16 bits per heavy atom. The van der Waals surface area contributed by atoms with Crippen LogP contribution in [-0.4, -0.2) is 21.0 Å². The van der Waals surface area contributed by atoms with Crippen LogP contribution < -0.4 is 5.32 Å². The van der Waals surface area contributed by atoms with E-state index < -0.39 is 5.97 Å². The number of carboxylic acid groups (broad SMARTS) is 1. The van der Waals surface area contributed by atoms with Gasteiger partial charge in [-0.25, -0.2) is 9.78 Å². The van der Waals surface area contributed by atoms with E-state index in [2.05, 4.69) is 15.3 Å². The van der Waals surface area contributed by atoms with Crippen LogP contribution >= 0.6 is 0 Å². The summed E-state index contributed by atoms with van der Waals surface area (Å²) in [5.74, 6) is -0.288. The number of carbonyl (C=O) groups is 1. The number of pyridine rings is 2. The van der Waals surface area contributed by atoms with Gasteiger partial charge in [0.15, 0.2) is 0 Å². The molecule has 5 nitrogen and oxygen atoms in total. The van der Waals surface area contributed by atoms with Crippen LogP contribution in [0.1, 0.15) is 35.8 Å². The van der Waals surface area contributed by atoms with Crippen molar-refractivity contribution in [3.63, 3.8) is 0 Å². The fraction of sp³-hybridized carbons (Fsp3) is 0.214. The topological polar surface area (TPSA) is 75.1 Å². The number of carboxylic acids is 1. The first kappa shape index (κ1) is 13.0. The van der Waals surface area contributed by atoms with Crippen molar-refractivity contribution in [1.29, 1.82) is 0 Å².